The van der Waals surface area contributed by atoms with Crippen LogP contribution >= 0.6 is 0 Å². The van der Waals surface area contributed by atoms with E-state index in [0.717, 1.165) is 0 Å². The first-order valence-electron chi connectivity index (χ1n) is 4.96. The fraction of sp³-hybridized carbons (Fsp3) is 0.455. The summed E-state index contributed by atoms with van der Waals surface area (Å²) in [6.45, 7) is 7.09. The van der Waals surface area contributed by atoms with Crippen molar-refractivity contribution in [2.45, 2.75) is 25.7 Å². The van der Waals surface area contributed by atoms with Gasteiger partial charge in [0.15, 0.2) is 8.32 Å². The van der Waals surface area contributed by atoms with Gasteiger partial charge < -0.3 is 10.2 Å². The van der Waals surface area contributed by atoms with Crippen LogP contribution < -0.4 is 5.73 Å². The summed E-state index contributed by atoms with van der Waals surface area (Å²) in [6, 6.07) is 10.2. The lowest BCUT2D eigenvalue weighted by atomic mass is 10.1. The molecule has 0 unspecified atom stereocenters. The molecule has 1 atom stereocenters. The van der Waals surface area contributed by atoms with Crippen molar-refractivity contribution in [3.05, 3.63) is 35.9 Å². The molecule has 14 heavy (non-hydrogen) atoms. The molecule has 0 aromatic heterocycles. The zero-order chi connectivity index (χ0) is 10.6. The average Bonchev–Trinajstić information content (AvgIpc) is 2.14. The molecular formula is C11H19NOSi. The quantitative estimate of drug-likeness (QED) is 0.773. The Hall–Kier alpha value is -0.643. The molecule has 0 aliphatic carbocycles. The fourth-order valence-electron chi connectivity index (χ4n) is 1.35. The van der Waals surface area contributed by atoms with Crippen molar-refractivity contribution in [1.29, 1.82) is 0 Å². The van der Waals surface area contributed by atoms with Gasteiger partial charge in [-0.2, -0.15) is 0 Å². The zero-order valence-electron chi connectivity index (χ0n) is 9.16. The second kappa shape index (κ2) is 4.73. The van der Waals surface area contributed by atoms with Crippen molar-refractivity contribution < 1.29 is 4.43 Å². The van der Waals surface area contributed by atoms with Gasteiger partial charge in [0.25, 0.3) is 0 Å². The van der Waals surface area contributed by atoms with E-state index in [0.29, 0.717) is 6.54 Å². The minimum atomic E-state index is -1.50. The number of hydrogen-bond acceptors (Lipinski definition) is 2. The maximum Gasteiger partial charge on any atom is 0.184 e. The molecule has 2 nitrogen and oxygen atoms in total. The standard InChI is InChI=1S/C11H19NOSi/c1-14(2,3)13-11(9-12)10-7-5-4-6-8-10/h4-8,11H,9,12H2,1-3H3/t11-/m0/s1. The molecule has 0 bridgehead atoms. The molecule has 0 radical (unpaired) electrons. The summed E-state index contributed by atoms with van der Waals surface area (Å²) in [7, 11) is -1.50. The Bertz CT molecular complexity index is 268. The second-order valence-corrected chi connectivity index (χ2v) is 8.83. The van der Waals surface area contributed by atoms with E-state index in [9.17, 15) is 0 Å². The lowest BCUT2D eigenvalue weighted by Crippen LogP contribution is -2.31. The summed E-state index contributed by atoms with van der Waals surface area (Å²) in [4.78, 5) is 0. The van der Waals surface area contributed by atoms with Crippen LogP contribution in [0.3, 0.4) is 0 Å². The Morgan fingerprint density at radius 3 is 2.21 bits per heavy atom. The van der Waals surface area contributed by atoms with Gasteiger partial charge in [0.1, 0.15) is 0 Å². The van der Waals surface area contributed by atoms with Crippen molar-refractivity contribution in [2.24, 2.45) is 5.73 Å². The Labute approximate surface area is 87.2 Å². The summed E-state index contributed by atoms with van der Waals surface area (Å²) in [5.41, 5.74) is 6.89. The highest BCUT2D eigenvalue weighted by Crippen LogP contribution is 2.20. The molecule has 0 aliphatic rings. The van der Waals surface area contributed by atoms with Gasteiger partial charge in [-0.15, -0.1) is 0 Å². The minimum Gasteiger partial charge on any atom is -0.409 e. The summed E-state index contributed by atoms with van der Waals surface area (Å²) >= 11 is 0. The summed E-state index contributed by atoms with van der Waals surface area (Å²) < 4.78 is 5.99. The summed E-state index contributed by atoms with van der Waals surface area (Å²) in [5, 5.41) is 0. The van der Waals surface area contributed by atoms with Gasteiger partial charge >= 0.3 is 0 Å². The largest absolute Gasteiger partial charge is 0.409 e. The van der Waals surface area contributed by atoms with Gasteiger partial charge in [-0.05, 0) is 25.2 Å². The van der Waals surface area contributed by atoms with Crippen LogP contribution in [0.5, 0.6) is 0 Å². The highest BCUT2D eigenvalue weighted by molar-refractivity contribution is 6.69. The topological polar surface area (TPSA) is 35.2 Å². The molecule has 0 fully saturated rings. The smallest absolute Gasteiger partial charge is 0.184 e. The van der Waals surface area contributed by atoms with Crippen LogP contribution in [0, 0.1) is 0 Å². The van der Waals surface area contributed by atoms with Gasteiger partial charge in [0.05, 0.1) is 6.10 Å². The molecule has 1 aromatic rings. The molecular weight excluding hydrogens is 190 g/mol. The van der Waals surface area contributed by atoms with Crippen LogP contribution in [-0.4, -0.2) is 14.9 Å². The third-order valence-corrected chi connectivity index (χ3v) is 2.87. The number of hydrogen-bond donors (Lipinski definition) is 1. The number of benzene rings is 1. The van der Waals surface area contributed by atoms with Crippen LogP contribution in [0.1, 0.15) is 11.7 Å². The van der Waals surface area contributed by atoms with Crippen molar-refractivity contribution in [3.63, 3.8) is 0 Å². The molecule has 0 aliphatic heterocycles. The predicted octanol–water partition coefficient (Wildman–Crippen LogP) is 2.54. The Balaban J connectivity index is 2.73. The van der Waals surface area contributed by atoms with Gasteiger partial charge in [-0.3, -0.25) is 0 Å². The van der Waals surface area contributed by atoms with Crippen molar-refractivity contribution in [3.8, 4) is 0 Å². The van der Waals surface area contributed by atoms with Crippen LogP contribution in [0.4, 0.5) is 0 Å². The predicted molar refractivity (Wildman–Crippen MR) is 62.7 cm³/mol. The Kier molecular flexibility index (Phi) is 3.86. The van der Waals surface area contributed by atoms with Gasteiger partial charge in [0.2, 0.25) is 0 Å². The molecule has 3 heteroatoms. The van der Waals surface area contributed by atoms with Crippen molar-refractivity contribution in [2.75, 3.05) is 6.54 Å². The highest BCUT2D eigenvalue weighted by Gasteiger charge is 2.20. The van der Waals surface area contributed by atoms with Crippen molar-refractivity contribution in [1.82, 2.24) is 0 Å². The van der Waals surface area contributed by atoms with E-state index < -0.39 is 8.32 Å². The molecule has 1 aromatic carbocycles. The molecule has 0 amide bonds. The molecule has 2 N–H and O–H groups in total. The first-order chi connectivity index (χ1) is 6.53. The van der Waals surface area contributed by atoms with E-state index in [1.54, 1.807) is 0 Å². The number of nitrogens with two attached hydrogens (primary N) is 1. The first-order valence-corrected chi connectivity index (χ1v) is 8.36. The molecule has 0 saturated heterocycles. The van der Waals surface area contributed by atoms with Crippen LogP contribution in [0.25, 0.3) is 0 Å². The maximum absolute atomic E-state index is 5.99. The molecule has 0 spiro atoms. The van der Waals surface area contributed by atoms with Gasteiger partial charge in [-0.25, -0.2) is 0 Å². The van der Waals surface area contributed by atoms with Crippen LogP contribution in [0.2, 0.25) is 19.6 Å². The monoisotopic (exact) mass is 209 g/mol. The molecule has 78 valence electrons. The number of rotatable bonds is 4. The summed E-state index contributed by atoms with van der Waals surface area (Å²) in [6.07, 6.45) is 0.0582. The fourth-order valence-corrected chi connectivity index (χ4v) is 2.43. The first kappa shape index (κ1) is 11.4. The lowest BCUT2D eigenvalue weighted by Gasteiger charge is -2.25. The van der Waals surface area contributed by atoms with Crippen molar-refractivity contribution >= 4 is 8.32 Å². The van der Waals surface area contributed by atoms with E-state index >= 15 is 0 Å². The van der Waals surface area contributed by atoms with E-state index in [2.05, 4.69) is 31.8 Å². The SMILES string of the molecule is C[Si](C)(C)O[C@@H](CN)c1ccccc1. The highest BCUT2D eigenvalue weighted by atomic mass is 28.4. The third kappa shape index (κ3) is 3.62. The molecule has 0 heterocycles. The van der Waals surface area contributed by atoms with E-state index in [4.69, 9.17) is 10.2 Å². The minimum absolute atomic E-state index is 0.0582. The zero-order valence-corrected chi connectivity index (χ0v) is 10.2. The van der Waals surface area contributed by atoms with Gasteiger partial charge in [-0.1, -0.05) is 30.3 Å². The average molecular weight is 209 g/mol. The molecule has 0 saturated carbocycles. The lowest BCUT2D eigenvalue weighted by molar-refractivity contribution is 0.206. The summed E-state index contributed by atoms with van der Waals surface area (Å²) in [5.74, 6) is 0. The van der Waals surface area contributed by atoms with E-state index in [1.807, 2.05) is 18.2 Å². The normalized spacial score (nSPS) is 14.0. The Morgan fingerprint density at radius 1 is 1.21 bits per heavy atom. The maximum atomic E-state index is 5.99. The van der Waals surface area contributed by atoms with Crippen LogP contribution in [-0.2, 0) is 4.43 Å². The van der Waals surface area contributed by atoms with Crippen LogP contribution in [0.15, 0.2) is 30.3 Å². The van der Waals surface area contributed by atoms with E-state index in [1.165, 1.54) is 5.56 Å². The Morgan fingerprint density at radius 2 is 1.79 bits per heavy atom. The molecule has 1 rings (SSSR count). The third-order valence-electron chi connectivity index (χ3n) is 1.88. The van der Waals surface area contributed by atoms with E-state index in [-0.39, 0.29) is 6.10 Å². The second-order valence-electron chi connectivity index (χ2n) is 4.37. The van der Waals surface area contributed by atoms with Gasteiger partial charge in [0, 0.05) is 6.54 Å².